The normalized spacial score (nSPS) is 11.6. The van der Waals surface area contributed by atoms with Crippen LogP contribution in [0.15, 0.2) is 39.9 Å². The summed E-state index contributed by atoms with van der Waals surface area (Å²) in [5.74, 6) is -0.204. The van der Waals surface area contributed by atoms with E-state index in [1.165, 1.54) is 13.0 Å². The third kappa shape index (κ3) is 4.75. The summed E-state index contributed by atoms with van der Waals surface area (Å²) in [6, 6.07) is 6.78. The van der Waals surface area contributed by atoms with Gasteiger partial charge in [0.2, 0.25) is 15.9 Å². The molecule has 3 aromatic rings. The van der Waals surface area contributed by atoms with Crippen molar-refractivity contribution < 1.29 is 13.2 Å². The molecule has 1 aromatic carbocycles. The van der Waals surface area contributed by atoms with E-state index in [-0.39, 0.29) is 17.3 Å². The molecule has 1 amide bonds. The quantitative estimate of drug-likeness (QED) is 0.598. The summed E-state index contributed by atoms with van der Waals surface area (Å²) in [6.45, 7) is 7.71. The minimum atomic E-state index is -3.67. The first-order valence-electron chi connectivity index (χ1n) is 9.13. The first kappa shape index (κ1) is 21.2. The average Bonchev–Trinajstić information content (AvgIpc) is 3.22. The van der Waals surface area contributed by atoms with Gasteiger partial charge in [0.15, 0.2) is 0 Å². The van der Waals surface area contributed by atoms with Crippen molar-refractivity contribution in [3.05, 3.63) is 52.0 Å². The van der Waals surface area contributed by atoms with Gasteiger partial charge in [-0.15, -0.1) is 0 Å². The Kier molecular flexibility index (Phi) is 6.21. The van der Waals surface area contributed by atoms with Gasteiger partial charge in [-0.25, -0.2) is 13.1 Å². The third-order valence-corrected chi connectivity index (χ3v) is 6.90. The first-order chi connectivity index (χ1) is 13.7. The summed E-state index contributed by atoms with van der Waals surface area (Å²) in [4.78, 5) is 11.4. The lowest BCUT2D eigenvalue weighted by Gasteiger charge is -2.12. The summed E-state index contributed by atoms with van der Waals surface area (Å²) < 4.78 is 29.9. The lowest BCUT2D eigenvalue weighted by Crippen LogP contribution is -2.28. The molecule has 2 N–H and O–H groups in total. The molecule has 0 unspecified atom stereocenters. The zero-order valence-corrected chi connectivity index (χ0v) is 18.4. The van der Waals surface area contributed by atoms with Crippen LogP contribution in [0.4, 0.5) is 5.69 Å². The van der Waals surface area contributed by atoms with Crippen molar-refractivity contribution in [1.29, 1.82) is 0 Å². The number of hydrogen-bond donors (Lipinski definition) is 2. The second kappa shape index (κ2) is 8.48. The maximum Gasteiger partial charge on any atom is 0.240 e. The third-order valence-electron chi connectivity index (χ3n) is 4.59. The molecule has 2 aromatic heterocycles. The van der Waals surface area contributed by atoms with Crippen LogP contribution in [0.5, 0.6) is 0 Å². The number of benzene rings is 1. The number of anilines is 1. The van der Waals surface area contributed by atoms with Gasteiger partial charge < -0.3 is 5.32 Å². The molecule has 0 aliphatic heterocycles. The zero-order valence-electron chi connectivity index (χ0n) is 16.8. The van der Waals surface area contributed by atoms with Crippen molar-refractivity contribution in [3.63, 3.8) is 0 Å². The summed E-state index contributed by atoms with van der Waals surface area (Å²) in [5, 5.41) is 11.3. The largest absolute Gasteiger partial charge is 0.326 e. The van der Waals surface area contributed by atoms with E-state index in [0.717, 1.165) is 22.5 Å². The Bertz CT molecular complexity index is 1130. The SMILES string of the molecule is CC(=O)Nc1ccc(S(=O)(=O)NCCn2nc(C)c(-c3ccsc3)c2C)c(C)c1. The maximum atomic E-state index is 12.7. The number of aromatic nitrogens is 2. The van der Waals surface area contributed by atoms with Gasteiger partial charge in [0.05, 0.1) is 17.1 Å². The van der Waals surface area contributed by atoms with Gasteiger partial charge in [-0.2, -0.15) is 16.4 Å². The van der Waals surface area contributed by atoms with E-state index in [4.69, 9.17) is 0 Å². The fourth-order valence-corrected chi connectivity index (χ4v) is 5.23. The Morgan fingerprint density at radius 3 is 2.59 bits per heavy atom. The monoisotopic (exact) mass is 432 g/mol. The molecule has 0 saturated carbocycles. The molecule has 154 valence electrons. The molecule has 9 heteroatoms. The molecule has 0 aliphatic carbocycles. The van der Waals surface area contributed by atoms with Crippen LogP contribution < -0.4 is 10.0 Å². The Morgan fingerprint density at radius 2 is 1.97 bits per heavy atom. The summed E-state index contributed by atoms with van der Waals surface area (Å²) in [6.07, 6.45) is 0. The number of nitrogens with one attached hydrogen (secondary N) is 2. The van der Waals surface area contributed by atoms with Crippen LogP contribution in [0.3, 0.4) is 0 Å². The number of hydrogen-bond acceptors (Lipinski definition) is 5. The van der Waals surface area contributed by atoms with Gasteiger partial charge in [0.25, 0.3) is 0 Å². The highest BCUT2D eigenvalue weighted by Gasteiger charge is 2.18. The van der Waals surface area contributed by atoms with Crippen LogP contribution in [-0.2, 0) is 21.4 Å². The van der Waals surface area contributed by atoms with Crippen molar-refractivity contribution >= 4 is 33.0 Å². The molecule has 3 rings (SSSR count). The van der Waals surface area contributed by atoms with Crippen molar-refractivity contribution in [2.75, 3.05) is 11.9 Å². The predicted molar refractivity (Wildman–Crippen MR) is 116 cm³/mol. The van der Waals surface area contributed by atoms with Gasteiger partial charge in [-0.1, -0.05) is 0 Å². The second-order valence-corrected chi connectivity index (χ2v) is 9.36. The van der Waals surface area contributed by atoms with Crippen LogP contribution in [0.1, 0.15) is 23.9 Å². The van der Waals surface area contributed by atoms with Gasteiger partial charge in [0.1, 0.15) is 0 Å². The van der Waals surface area contributed by atoms with E-state index in [0.29, 0.717) is 17.8 Å². The fourth-order valence-electron chi connectivity index (χ4n) is 3.33. The van der Waals surface area contributed by atoms with Gasteiger partial charge in [0, 0.05) is 30.4 Å². The highest BCUT2D eigenvalue weighted by Crippen LogP contribution is 2.28. The van der Waals surface area contributed by atoms with Gasteiger partial charge >= 0.3 is 0 Å². The Balaban J connectivity index is 1.70. The lowest BCUT2D eigenvalue weighted by atomic mass is 10.1. The Labute approximate surface area is 174 Å². The van der Waals surface area contributed by atoms with Crippen molar-refractivity contribution in [3.8, 4) is 11.1 Å². The number of carbonyl (C=O) groups is 1. The number of carbonyl (C=O) groups excluding carboxylic acids is 1. The van der Waals surface area contributed by atoms with Crippen LogP contribution in [0.25, 0.3) is 11.1 Å². The van der Waals surface area contributed by atoms with E-state index in [9.17, 15) is 13.2 Å². The first-order valence-corrected chi connectivity index (χ1v) is 11.6. The summed E-state index contributed by atoms with van der Waals surface area (Å²) >= 11 is 1.63. The molecule has 0 fully saturated rings. The number of sulfonamides is 1. The molecule has 0 radical (unpaired) electrons. The number of nitrogens with zero attached hydrogens (tertiary/aromatic N) is 2. The van der Waals surface area contributed by atoms with E-state index in [1.54, 1.807) is 30.4 Å². The van der Waals surface area contributed by atoms with E-state index in [2.05, 4.69) is 26.6 Å². The maximum absolute atomic E-state index is 12.7. The molecule has 0 spiro atoms. The summed E-state index contributed by atoms with van der Waals surface area (Å²) in [7, 11) is -3.67. The van der Waals surface area contributed by atoms with Crippen molar-refractivity contribution in [2.45, 2.75) is 39.1 Å². The second-order valence-electron chi connectivity index (χ2n) is 6.84. The van der Waals surface area contributed by atoms with E-state index in [1.807, 2.05) is 23.9 Å². The molecule has 0 aliphatic rings. The average molecular weight is 433 g/mol. The molecular weight excluding hydrogens is 408 g/mol. The Morgan fingerprint density at radius 1 is 1.21 bits per heavy atom. The van der Waals surface area contributed by atoms with E-state index < -0.39 is 10.0 Å². The van der Waals surface area contributed by atoms with Crippen LogP contribution in [-0.4, -0.2) is 30.7 Å². The number of aryl methyl sites for hydroxylation is 2. The number of rotatable bonds is 7. The molecule has 0 atom stereocenters. The molecule has 7 nitrogen and oxygen atoms in total. The predicted octanol–water partition coefficient (Wildman–Crippen LogP) is 3.47. The molecule has 29 heavy (non-hydrogen) atoms. The minimum absolute atomic E-state index is 0.193. The van der Waals surface area contributed by atoms with Gasteiger partial charge in [-0.05, 0) is 66.9 Å². The number of thiophene rings is 1. The van der Waals surface area contributed by atoms with E-state index >= 15 is 0 Å². The smallest absolute Gasteiger partial charge is 0.240 e. The Hall–Kier alpha value is -2.49. The molecule has 0 bridgehead atoms. The standard InChI is InChI=1S/C20H24N4O3S2/c1-13-11-18(22-16(4)25)5-6-19(13)29(26,27)21-8-9-24-15(3)20(14(2)23-24)17-7-10-28-12-17/h5-7,10-12,21H,8-9H2,1-4H3,(H,22,25). The lowest BCUT2D eigenvalue weighted by molar-refractivity contribution is -0.114. The number of amides is 1. The molecule has 0 saturated heterocycles. The fraction of sp³-hybridized carbons (Fsp3) is 0.300. The molecule has 2 heterocycles. The molecular formula is C20H24N4O3S2. The minimum Gasteiger partial charge on any atom is -0.326 e. The highest BCUT2D eigenvalue weighted by molar-refractivity contribution is 7.89. The van der Waals surface area contributed by atoms with Crippen LogP contribution in [0, 0.1) is 20.8 Å². The summed E-state index contributed by atoms with van der Waals surface area (Å²) in [5.41, 5.74) is 5.29. The highest BCUT2D eigenvalue weighted by atomic mass is 32.2. The van der Waals surface area contributed by atoms with Crippen molar-refractivity contribution in [1.82, 2.24) is 14.5 Å². The van der Waals surface area contributed by atoms with Gasteiger partial charge in [-0.3, -0.25) is 9.48 Å². The zero-order chi connectivity index (χ0) is 21.2. The topological polar surface area (TPSA) is 93.1 Å². The van der Waals surface area contributed by atoms with Crippen LogP contribution in [0.2, 0.25) is 0 Å². The van der Waals surface area contributed by atoms with Crippen molar-refractivity contribution in [2.24, 2.45) is 0 Å². The van der Waals surface area contributed by atoms with Crippen LogP contribution >= 0.6 is 11.3 Å².